The highest BCUT2D eigenvalue weighted by molar-refractivity contribution is 7.99. The van der Waals surface area contributed by atoms with E-state index >= 15 is 0 Å². The molecular weight excluding hydrogens is 283 g/mol. The van der Waals surface area contributed by atoms with Gasteiger partial charge in [-0.1, -0.05) is 43.0 Å². The van der Waals surface area contributed by atoms with Crippen LogP contribution in [-0.2, 0) is 6.42 Å². The van der Waals surface area contributed by atoms with Crippen molar-refractivity contribution in [2.75, 3.05) is 5.75 Å². The predicted molar refractivity (Wildman–Crippen MR) is 80.5 cm³/mol. The highest BCUT2D eigenvalue weighted by Crippen LogP contribution is 2.29. The molecule has 0 radical (unpaired) electrons. The lowest BCUT2D eigenvalue weighted by Crippen LogP contribution is -2.18. The Kier molecular flexibility index (Phi) is 5.99. The van der Waals surface area contributed by atoms with Crippen LogP contribution in [0.25, 0.3) is 0 Å². The Morgan fingerprint density at radius 2 is 2.05 bits per heavy atom. The minimum atomic E-state index is -0.453. The van der Waals surface area contributed by atoms with E-state index in [9.17, 15) is 9.50 Å². The van der Waals surface area contributed by atoms with Crippen molar-refractivity contribution in [3.8, 4) is 0 Å². The molecule has 1 aromatic carbocycles. The lowest BCUT2D eigenvalue weighted by molar-refractivity contribution is 0.200. The van der Waals surface area contributed by atoms with E-state index < -0.39 is 11.9 Å². The van der Waals surface area contributed by atoms with E-state index in [0.29, 0.717) is 23.0 Å². The molecule has 4 heteroatoms. The maximum absolute atomic E-state index is 13.3. The lowest BCUT2D eigenvalue weighted by Gasteiger charge is -2.22. The zero-order valence-electron chi connectivity index (χ0n) is 10.9. The molecule has 0 bridgehead atoms. The van der Waals surface area contributed by atoms with Crippen LogP contribution in [0.1, 0.15) is 37.7 Å². The Morgan fingerprint density at radius 3 is 2.79 bits per heavy atom. The van der Waals surface area contributed by atoms with Crippen LogP contribution in [-0.4, -0.2) is 22.2 Å². The molecule has 106 valence electrons. The molecule has 1 aromatic rings. The standard InChI is InChI=1S/C15H20ClFOS/c16-15-11(5-4-8-14(15)17)9-12(18)10-19-13-6-2-1-3-7-13/h4-5,8,12-13,18H,1-3,6-7,9-10H2. The zero-order chi connectivity index (χ0) is 13.7. The maximum Gasteiger partial charge on any atom is 0.142 e. The summed E-state index contributed by atoms with van der Waals surface area (Å²) in [6.07, 6.45) is 6.46. The second-order valence-electron chi connectivity index (χ2n) is 5.16. The molecule has 1 unspecified atom stereocenters. The van der Waals surface area contributed by atoms with E-state index in [1.807, 2.05) is 11.8 Å². The smallest absolute Gasteiger partial charge is 0.142 e. The summed E-state index contributed by atoms with van der Waals surface area (Å²) in [6.45, 7) is 0. The van der Waals surface area contributed by atoms with E-state index in [-0.39, 0.29) is 5.02 Å². The summed E-state index contributed by atoms with van der Waals surface area (Å²) >= 11 is 7.74. The number of rotatable bonds is 5. The molecule has 1 aliphatic carbocycles. The first-order valence-electron chi connectivity index (χ1n) is 6.89. The largest absolute Gasteiger partial charge is 0.392 e. The molecule has 0 spiro atoms. The van der Waals surface area contributed by atoms with Crippen LogP contribution in [0.15, 0.2) is 18.2 Å². The Bertz CT molecular complexity index is 407. The minimum Gasteiger partial charge on any atom is -0.392 e. The quantitative estimate of drug-likeness (QED) is 0.867. The van der Waals surface area contributed by atoms with E-state index in [2.05, 4.69) is 0 Å². The van der Waals surface area contributed by atoms with Crippen LogP contribution in [0.4, 0.5) is 4.39 Å². The molecule has 1 N–H and O–H groups in total. The molecular formula is C15H20ClFOS. The number of aliphatic hydroxyl groups is 1. The Balaban J connectivity index is 1.80. The molecule has 0 aromatic heterocycles. The van der Waals surface area contributed by atoms with E-state index in [1.54, 1.807) is 12.1 Å². The number of hydrogen-bond donors (Lipinski definition) is 1. The normalized spacial score (nSPS) is 18.5. The van der Waals surface area contributed by atoms with Gasteiger partial charge >= 0.3 is 0 Å². The van der Waals surface area contributed by atoms with Crippen molar-refractivity contribution in [3.05, 3.63) is 34.6 Å². The summed E-state index contributed by atoms with van der Waals surface area (Å²) in [7, 11) is 0. The van der Waals surface area contributed by atoms with E-state index in [4.69, 9.17) is 11.6 Å². The SMILES string of the molecule is OC(CSC1CCCCC1)Cc1cccc(F)c1Cl. The fourth-order valence-electron chi connectivity index (χ4n) is 2.50. The topological polar surface area (TPSA) is 20.2 Å². The number of halogens is 2. The predicted octanol–water partition coefficient (Wildman–Crippen LogP) is 4.45. The molecule has 0 heterocycles. The fourth-order valence-corrected chi connectivity index (χ4v) is 3.98. The van der Waals surface area contributed by atoms with Gasteiger partial charge in [0.1, 0.15) is 5.82 Å². The van der Waals surface area contributed by atoms with Crippen LogP contribution in [0, 0.1) is 5.82 Å². The maximum atomic E-state index is 13.3. The van der Waals surface area contributed by atoms with Gasteiger partial charge in [0.05, 0.1) is 11.1 Å². The van der Waals surface area contributed by atoms with Crippen molar-refractivity contribution in [1.82, 2.24) is 0 Å². The van der Waals surface area contributed by atoms with Gasteiger partial charge in [-0.25, -0.2) is 4.39 Å². The van der Waals surface area contributed by atoms with E-state index in [0.717, 1.165) is 0 Å². The average molecular weight is 303 g/mol. The molecule has 19 heavy (non-hydrogen) atoms. The summed E-state index contributed by atoms with van der Waals surface area (Å²) in [5.74, 6) is 0.295. The summed E-state index contributed by atoms with van der Waals surface area (Å²) in [5.41, 5.74) is 0.693. The zero-order valence-corrected chi connectivity index (χ0v) is 12.5. The fraction of sp³-hybridized carbons (Fsp3) is 0.600. The minimum absolute atomic E-state index is 0.143. The van der Waals surface area contributed by atoms with Gasteiger partial charge in [0, 0.05) is 17.4 Å². The van der Waals surface area contributed by atoms with Crippen LogP contribution in [0.3, 0.4) is 0 Å². The van der Waals surface area contributed by atoms with Crippen LogP contribution in [0.5, 0.6) is 0 Å². The molecule has 1 fully saturated rings. The van der Waals surface area contributed by atoms with Gasteiger partial charge in [0.15, 0.2) is 0 Å². The van der Waals surface area contributed by atoms with Gasteiger partial charge in [0.2, 0.25) is 0 Å². The molecule has 0 saturated heterocycles. The van der Waals surface area contributed by atoms with Crippen molar-refractivity contribution in [2.24, 2.45) is 0 Å². The Labute approximate surface area is 123 Å². The molecule has 1 nitrogen and oxygen atoms in total. The van der Waals surface area contributed by atoms with Crippen LogP contribution >= 0.6 is 23.4 Å². The van der Waals surface area contributed by atoms with Crippen molar-refractivity contribution in [3.63, 3.8) is 0 Å². The highest BCUT2D eigenvalue weighted by Gasteiger charge is 2.17. The van der Waals surface area contributed by atoms with Crippen LogP contribution in [0.2, 0.25) is 5.02 Å². The third-order valence-corrected chi connectivity index (χ3v) is 5.51. The third-order valence-electron chi connectivity index (χ3n) is 3.56. The summed E-state index contributed by atoms with van der Waals surface area (Å²) in [5, 5.41) is 10.9. The summed E-state index contributed by atoms with van der Waals surface area (Å²) in [4.78, 5) is 0. The van der Waals surface area contributed by atoms with Crippen LogP contribution < -0.4 is 0 Å². The number of benzene rings is 1. The number of thioether (sulfide) groups is 1. The average Bonchev–Trinajstić information content (AvgIpc) is 2.43. The first-order chi connectivity index (χ1) is 9.16. The molecule has 1 saturated carbocycles. The summed E-state index contributed by atoms with van der Waals surface area (Å²) in [6, 6.07) is 4.76. The molecule has 1 atom stereocenters. The number of aliphatic hydroxyl groups excluding tert-OH is 1. The Morgan fingerprint density at radius 1 is 1.32 bits per heavy atom. The third kappa shape index (κ3) is 4.66. The van der Waals surface area contributed by atoms with Gasteiger partial charge in [-0.2, -0.15) is 11.8 Å². The van der Waals surface area contributed by atoms with Crippen molar-refractivity contribution in [2.45, 2.75) is 49.9 Å². The molecule has 1 aliphatic rings. The van der Waals surface area contributed by atoms with Gasteiger partial charge in [-0.15, -0.1) is 0 Å². The first-order valence-corrected chi connectivity index (χ1v) is 8.32. The number of hydrogen-bond acceptors (Lipinski definition) is 2. The molecule has 0 aliphatic heterocycles. The van der Waals surface area contributed by atoms with Crippen molar-refractivity contribution in [1.29, 1.82) is 0 Å². The van der Waals surface area contributed by atoms with Gasteiger partial charge in [-0.05, 0) is 24.5 Å². The Hall–Kier alpha value is -0.250. The monoisotopic (exact) mass is 302 g/mol. The molecule has 0 amide bonds. The van der Waals surface area contributed by atoms with E-state index in [1.165, 1.54) is 38.2 Å². The second kappa shape index (κ2) is 7.51. The highest BCUT2D eigenvalue weighted by atomic mass is 35.5. The van der Waals surface area contributed by atoms with Crippen molar-refractivity contribution >= 4 is 23.4 Å². The van der Waals surface area contributed by atoms with Gasteiger partial charge < -0.3 is 5.11 Å². The van der Waals surface area contributed by atoms with Gasteiger partial charge in [-0.3, -0.25) is 0 Å². The molecule has 2 rings (SSSR count). The van der Waals surface area contributed by atoms with Crippen molar-refractivity contribution < 1.29 is 9.50 Å². The van der Waals surface area contributed by atoms with Gasteiger partial charge in [0.25, 0.3) is 0 Å². The first kappa shape index (κ1) is 15.1. The summed E-state index contributed by atoms with van der Waals surface area (Å²) < 4.78 is 13.3. The second-order valence-corrected chi connectivity index (χ2v) is 6.88. The lowest BCUT2D eigenvalue weighted by atomic mass is 10.0.